The molecule has 2 saturated carbocycles. The number of carboxylic acid groups (broad SMARTS) is 1. The third-order valence-corrected chi connectivity index (χ3v) is 6.77. The molecular weight excluding hydrogens is 310 g/mol. The summed E-state index contributed by atoms with van der Waals surface area (Å²) in [5.41, 5.74) is 5.43. The largest absolute Gasteiger partial charge is 0.478 e. The van der Waals surface area contributed by atoms with Crippen molar-refractivity contribution in [2.75, 3.05) is 5.32 Å². The van der Waals surface area contributed by atoms with Gasteiger partial charge in [-0.1, -0.05) is 29.8 Å². The summed E-state index contributed by atoms with van der Waals surface area (Å²) in [7, 11) is 0. The molecule has 0 spiro atoms. The normalized spacial score (nSPS) is 32.0. The highest BCUT2D eigenvalue weighted by Gasteiger charge is 2.53. The van der Waals surface area contributed by atoms with Crippen LogP contribution in [0.5, 0.6) is 0 Å². The number of carbonyl (C=O) groups is 1. The van der Waals surface area contributed by atoms with Crippen LogP contribution in [-0.4, -0.2) is 11.1 Å². The second-order valence-corrected chi connectivity index (χ2v) is 8.08. The number of nitrogens with one attached hydrogen (secondary N) is 1. The van der Waals surface area contributed by atoms with Gasteiger partial charge in [-0.3, -0.25) is 0 Å². The fourth-order valence-electron chi connectivity index (χ4n) is 5.72. The number of anilines is 1. The zero-order chi connectivity index (χ0) is 17.1. The summed E-state index contributed by atoms with van der Waals surface area (Å²) in [6.45, 7) is 2.13. The van der Waals surface area contributed by atoms with Crippen molar-refractivity contribution in [1.82, 2.24) is 0 Å². The van der Waals surface area contributed by atoms with E-state index < -0.39 is 5.97 Å². The van der Waals surface area contributed by atoms with Crippen LogP contribution < -0.4 is 5.32 Å². The first-order valence-electron chi connectivity index (χ1n) is 9.32. The Morgan fingerprint density at radius 1 is 1.08 bits per heavy atom. The predicted octanol–water partition coefficient (Wildman–Crippen LogP) is 4.99. The fourth-order valence-corrected chi connectivity index (χ4v) is 5.72. The van der Waals surface area contributed by atoms with Gasteiger partial charge in [-0.05, 0) is 79.2 Å². The van der Waals surface area contributed by atoms with E-state index in [0.29, 0.717) is 29.4 Å². The number of hydrogen-bond donors (Lipinski definition) is 2. The molecule has 2 aromatic rings. The van der Waals surface area contributed by atoms with E-state index in [-0.39, 0.29) is 0 Å². The van der Waals surface area contributed by atoms with E-state index in [2.05, 4.69) is 36.5 Å². The molecule has 0 amide bonds. The van der Waals surface area contributed by atoms with Gasteiger partial charge in [0.1, 0.15) is 0 Å². The fraction of sp³-hybridized carbons (Fsp3) is 0.409. The Hall–Kier alpha value is -2.29. The molecule has 0 radical (unpaired) electrons. The average Bonchev–Trinajstić information content (AvgIpc) is 3.23. The lowest BCUT2D eigenvalue weighted by Crippen LogP contribution is -2.35. The van der Waals surface area contributed by atoms with Gasteiger partial charge in [-0.2, -0.15) is 0 Å². The van der Waals surface area contributed by atoms with E-state index in [1.54, 1.807) is 6.07 Å². The predicted molar refractivity (Wildman–Crippen MR) is 98.0 cm³/mol. The first-order valence-corrected chi connectivity index (χ1v) is 9.32. The molecule has 3 aliphatic rings. The molecular formula is C22H23NO2. The summed E-state index contributed by atoms with van der Waals surface area (Å²) in [5.74, 6) is 1.73. The van der Waals surface area contributed by atoms with Gasteiger partial charge in [0, 0.05) is 5.69 Å². The molecule has 128 valence electrons. The number of fused-ring (bicyclic) bond motifs is 7. The van der Waals surface area contributed by atoms with Crippen molar-refractivity contribution in [3.63, 3.8) is 0 Å². The molecule has 3 nitrogen and oxygen atoms in total. The number of hydrogen-bond acceptors (Lipinski definition) is 2. The van der Waals surface area contributed by atoms with E-state index in [1.165, 1.54) is 36.0 Å². The maximum atomic E-state index is 11.4. The average molecular weight is 333 g/mol. The Labute approximate surface area is 148 Å². The summed E-state index contributed by atoms with van der Waals surface area (Å²) < 4.78 is 0. The molecule has 3 heteroatoms. The summed E-state index contributed by atoms with van der Waals surface area (Å²) in [6, 6.07) is 14.9. The van der Waals surface area contributed by atoms with Crippen LogP contribution in [0.15, 0.2) is 42.5 Å². The molecule has 2 fully saturated rings. The molecule has 5 unspecified atom stereocenters. The Balaban J connectivity index is 1.62. The van der Waals surface area contributed by atoms with Gasteiger partial charge in [0.2, 0.25) is 0 Å². The summed E-state index contributed by atoms with van der Waals surface area (Å²) in [5, 5.41) is 13.2. The highest BCUT2D eigenvalue weighted by atomic mass is 16.4. The third-order valence-electron chi connectivity index (χ3n) is 6.77. The zero-order valence-corrected chi connectivity index (χ0v) is 14.4. The second-order valence-electron chi connectivity index (χ2n) is 8.08. The first kappa shape index (κ1) is 15.0. The molecule has 25 heavy (non-hydrogen) atoms. The molecule has 5 atom stereocenters. The molecule has 5 rings (SSSR count). The van der Waals surface area contributed by atoms with Crippen molar-refractivity contribution >= 4 is 11.7 Å². The quantitative estimate of drug-likeness (QED) is 0.814. The van der Waals surface area contributed by atoms with Gasteiger partial charge in [0.25, 0.3) is 0 Å². The molecule has 2 bridgehead atoms. The molecule has 2 aromatic carbocycles. The first-order chi connectivity index (χ1) is 12.1. The van der Waals surface area contributed by atoms with Crippen LogP contribution in [0.25, 0.3) is 0 Å². The van der Waals surface area contributed by atoms with Crippen LogP contribution in [0.1, 0.15) is 58.3 Å². The zero-order valence-electron chi connectivity index (χ0n) is 14.4. The molecule has 2 aliphatic carbocycles. The van der Waals surface area contributed by atoms with Crippen molar-refractivity contribution < 1.29 is 9.90 Å². The third kappa shape index (κ3) is 2.21. The molecule has 2 N–H and O–H groups in total. The Bertz CT molecular complexity index is 842. The van der Waals surface area contributed by atoms with Gasteiger partial charge >= 0.3 is 5.97 Å². The lowest BCUT2D eigenvalue weighted by molar-refractivity contribution is 0.0696. The van der Waals surface area contributed by atoms with E-state index in [1.807, 2.05) is 12.1 Å². The van der Waals surface area contributed by atoms with Crippen molar-refractivity contribution in [1.29, 1.82) is 0 Å². The van der Waals surface area contributed by atoms with E-state index in [0.717, 1.165) is 11.6 Å². The Morgan fingerprint density at radius 2 is 1.84 bits per heavy atom. The van der Waals surface area contributed by atoms with Crippen molar-refractivity contribution in [3.05, 3.63) is 64.7 Å². The lowest BCUT2D eigenvalue weighted by Gasteiger charge is -2.43. The highest BCUT2D eigenvalue weighted by molar-refractivity contribution is 5.88. The molecule has 1 aliphatic heterocycles. The molecule has 0 aromatic heterocycles. The van der Waals surface area contributed by atoms with E-state index in [9.17, 15) is 9.90 Å². The minimum absolute atomic E-state index is 0.337. The molecule has 0 saturated heterocycles. The number of carboxylic acids is 1. The van der Waals surface area contributed by atoms with Crippen molar-refractivity contribution in [2.24, 2.45) is 17.8 Å². The van der Waals surface area contributed by atoms with Gasteiger partial charge in [-0.25, -0.2) is 4.79 Å². The summed E-state index contributed by atoms with van der Waals surface area (Å²) in [4.78, 5) is 11.4. The van der Waals surface area contributed by atoms with Crippen LogP contribution in [-0.2, 0) is 0 Å². The van der Waals surface area contributed by atoms with Gasteiger partial charge in [0.15, 0.2) is 0 Å². The second kappa shape index (κ2) is 5.35. The lowest BCUT2D eigenvalue weighted by atomic mass is 9.68. The van der Waals surface area contributed by atoms with Crippen LogP contribution in [0, 0.1) is 24.7 Å². The maximum absolute atomic E-state index is 11.4. The monoisotopic (exact) mass is 333 g/mol. The van der Waals surface area contributed by atoms with Crippen LogP contribution in [0.3, 0.4) is 0 Å². The number of benzene rings is 2. The number of aromatic carboxylic acids is 1. The minimum Gasteiger partial charge on any atom is -0.478 e. The summed E-state index contributed by atoms with van der Waals surface area (Å²) in [6.07, 6.45) is 3.92. The Kier molecular flexibility index (Phi) is 3.21. The minimum atomic E-state index is -0.830. The van der Waals surface area contributed by atoms with Crippen molar-refractivity contribution in [2.45, 2.75) is 38.1 Å². The SMILES string of the molecule is Cc1ccc(C2Nc3ccc(C(=O)O)cc3C3C4CCC(C4)C23)cc1. The van der Waals surface area contributed by atoms with Gasteiger partial charge in [-0.15, -0.1) is 0 Å². The maximum Gasteiger partial charge on any atom is 0.335 e. The Morgan fingerprint density at radius 3 is 2.60 bits per heavy atom. The molecule has 1 heterocycles. The van der Waals surface area contributed by atoms with Crippen LogP contribution in [0.2, 0.25) is 0 Å². The van der Waals surface area contributed by atoms with Crippen LogP contribution >= 0.6 is 0 Å². The van der Waals surface area contributed by atoms with Crippen LogP contribution in [0.4, 0.5) is 5.69 Å². The van der Waals surface area contributed by atoms with Crippen molar-refractivity contribution in [3.8, 4) is 0 Å². The topological polar surface area (TPSA) is 49.3 Å². The standard InChI is InChI=1S/C22H23NO2/c1-12-2-4-13(5-3-12)21-20-15-7-6-14(10-15)19(20)17-11-16(22(24)25)8-9-18(17)23-21/h2-5,8-9,11,14-15,19-21,23H,6-7,10H2,1H3,(H,24,25). The summed E-state index contributed by atoms with van der Waals surface area (Å²) >= 11 is 0. The van der Waals surface area contributed by atoms with E-state index >= 15 is 0 Å². The van der Waals surface area contributed by atoms with Gasteiger partial charge in [0.05, 0.1) is 11.6 Å². The number of aryl methyl sites for hydroxylation is 1. The van der Waals surface area contributed by atoms with E-state index in [4.69, 9.17) is 0 Å². The van der Waals surface area contributed by atoms with Gasteiger partial charge < -0.3 is 10.4 Å². The highest BCUT2D eigenvalue weighted by Crippen LogP contribution is 2.63. The number of rotatable bonds is 2. The smallest absolute Gasteiger partial charge is 0.335 e.